The van der Waals surface area contributed by atoms with Gasteiger partial charge in [-0.05, 0) is 59.3 Å². The van der Waals surface area contributed by atoms with Gasteiger partial charge in [-0.2, -0.15) is 0 Å². The fraction of sp³-hybridized carbons (Fsp3) is 0.200. The quantitative estimate of drug-likeness (QED) is 0.726. The van der Waals surface area contributed by atoms with Crippen molar-refractivity contribution in [2.45, 2.75) is 11.8 Å². The van der Waals surface area contributed by atoms with E-state index in [9.17, 15) is 8.42 Å². The molecule has 2 aromatic rings. The molecule has 0 bridgehead atoms. The lowest BCUT2D eigenvalue weighted by molar-refractivity contribution is 0.338. The molecule has 2 aromatic carbocycles. The van der Waals surface area contributed by atoms with Crippen molar-refractivity contribution in [3.8, 4) is 11.5 Å². The Bertz CT molecular complexity index is 809. The van der Waals surface area contributed by atoms with Crippen LogP contribution in [-0.2, 0) is 10.0 Å². The van der Waals surface area contributed by atoms with Gasteiger partial charge in [0.2, 0.25) is 0 Å². The van der Waals surface area contributed by atoms with Crippen LogP contribution in [0.3, 0.4) is 0 Å². The lowest BCUT2D eigenvalue weighted by Gasteiger charge is -2.12. The van der Waals surface area contributed by atoms with Gasteiger partial charge in [0.15, 0.2) is 0 Å². The highest BCUT2D eigenvalue weighted by molar-refractivity contribution is 9.10. The van der Waals surface area contributed by atoms with Crippen molar-refractivity contribution in [3.05, 3.63) is 40.9 Å². The summed E-state index contributed by atoms with van der Waals surface area (Å²) in [5, 5.41) is 0. The second-order valence-corrected chi connectivity index (χ2v) is 7.12. The number of ether oxygens (including phenoxy) is 2. The highest BCUT2D eigenvalue weighted by Crippen LogP contribution is 2.30. The van der Waals surface area contributed by atoms with Crippen LogP contribution in [0, 0.1) is 0 Å². The molecule has 0 atom stereocenters. The number of nitrogen functional groups attached to an aromatic ring is 1. The van der Waals surface area contributed by atoms with Crippen molar-refractivity contribution in [2.24, 2.45) is 0 Å². The first-order chi connectivity index (χ1) is 10.9. The molecule has 0 saturated carbocycles. The maximum Gasteiger partial charge on any atom is 0.261 e. The molecule has 0 fully saturated rings. The molecule has 23 heavy (non-hydrogen) atoms. The monoisotopic (exact) mass is 400 g/mol. The molecule has 0 spiro atoms. The third-order valence-corrected chi connectivity index (χ3v) is 4.99. The van der Waals surface area contributed by atoms with E-state index in [2.05, 4.69) is 20.7 Å². The van der Waals surface area contributed by atoms with E-state index in [4.69, 9.17) is 15.2 Å². The molecule has 2 rings (SSSR count). The van der Waals surface area contributed by atoms with E-state index in [0.29, 0.717) is 28.3 Å². The number of rotatable bonds is 6. The predicted molar refractivity (Wildman–Crippen MR) is 93.5 cm³/mol. The second kappa shape index (κ2) is 7.10. The molecule has 0 radical (unpaired) electrons. The lowest BCUT2D eigenvalue weighted by Crippen LogP contribution is -2.13. The van der Waals surface area contributed by atoms with Crippen LogP contribution in [0.25, 0.3) is 0 Å². The van der Waals surface area contributed by atoms with Crippen molar-refractivity contribution in [3.63, 3.8) is 0 Å². The summed E-state index contributed by atoms with van der Waals surface area (Å²) >= 11 is 3.35. The zero-order chi connectivity index (χ0) is 17.0. The van der Waals surface area contributed by atoms with Crippen molar-refractivity contribution in [1.29, 1.82) is 0 Å². The third kappa shape index (κ3) is 4.08. The van der Waals surface area contributed by atoms with Gasteiger partial charge in [0.1, 0.15) is 11.5 Å². The van der Waals surface area contributed by atoms with Crippen molar-refractivity contribution >= 4 is 37.3 Å². The van der Waals surface area contributed by atoms with E-state index in [0.717, 1.165) is 0 Å². The Balaban J connectivity index is 2.27. The molecule has 0 aromatic heterocycles. The van der Waals surface area contributed by atoms with Crippen LogP contribution < -0.4 is 19.9 Å². The molecule has 0 aliphatic rings. The van der Waals surface area contributed by atoms with Crippen LogP contribution in [0.4, 0.5) is 11.4 Å². The molecule has 0 heterocycles. The van der Waals surface area contributed by atoms with Gasteiger partial charge in [-0.3, -0.25) is 4.72 Å². The van der Waals surface area contributed by atoms with Crippen molar-refractivity contribution in [2.75, 3.05) is 24.2 Å². The minimum Gasteiger partial charge on any atom is -0.495 e. The van der Waals surface area contributed by atoms with Gasteiger partial charge >= 0.3 is 0 Å². The SMILES string of the molecule is CCOc1ccc(NS(=O)(=O)c2ccc(OC)c(N)c2)cc1Br. The van der Waals surface area contributed by atoms with E-state index in [1.165, 1.54) is 25.3 Å². The normalized spacial score (nSPS) is 11.1. The summed E-state index contributed by atoms with van der Waals surface area (Å²) in [6, 6.07) is 9.24. The smallest absolute Gasteiger partial charge is 0.261 e. The molecule has 0 unspecified atom stereocenters. The largest absolute Gasteiger partial charge is 0.495 e. The summed E-state index contributed by atoms with van der Waals surface area (Å²) in [7, 11) is -2.28. The average Bonchev–Trinajstić information content (AvgIpc) is 2.49. The molecule has 0 aliphatic heterocycles. The Hall–Kier alpha value is -1.93. The summed E-state index contributed by atoms with van der Waals surface area (Å²) in [6.45, 7) is 2.39. The van der Waals surface area contributed by atoms with Gasteiger partial charge in [0.05, 0.1) is 34.5 Å². The average molecular weight is 401 g/mol. The Morgan fingerprint density at radius 1 is 1.17 bits per heavy atom. The molecule has 0 saturated heterocycles. The minimum atomic E-state index is -3.75. The Labute approximate surface area is 143 Å². The first kappa shape index (κ1) is 17.4. The van der Waals surface area contributed by atoms with Gasteiger partial charge in [-0.1, -0.05) is 0 Å². The number of halogens is 1. The van der Waals surface area contributed by atoms with Gasteiger partial charge in [0.25, 0.3) is 10.0 Å². The van der Waals surface area contributed by atoms with Crippen molar-refractivity contribution < 1.29 is 17.9 Å². The summed E-state index contributed by atoms with van der Waals surface area (Å²) in [6.07, 6.45) is 0. The predicted octanol–water partition coefficient (Wildman–Crippen LogP) is 3.24. The highest BCUT2D eigenvalue weighted by atomic mass is 79.9. The Kier molecular flexibility index (Phi) is 5.38. The number of anilines is 2. The third-order valence-electron chi connectivity index (χ3n) is 3.00. The summed E-state index contributed by atoms with van der Waals surface area (Å²) < 4.78 is 38.4. The van der Waals surface area contributed by atoms with E-state index in [1.807, 2.05) is 6.92 Å². The fourth-order valence-electron chi connectivity index (χ4n) is 1.93. The summed E-state index contributed by atoms with van der Waals surface area (Å²) in [4.78, 5) is 0.0563. The Morgan fingerprint density at radius 3 is 2.43 bits per heavy atom. The number of benzene rings is 2. The summed E-state index contributed by atoms with van der Waals surface area (Å²) in [5.41, 5.74) is 6.42. The molecule has 3 N–H and O–H groups in total. The fourth-order valence-corrected chi connectivity index (χ4v) is 3.51. The second-order valence-electron chi connectivity index (χ2n) is 4.59. The van der Waals surface area contributed by atoms with Crippen LogP contribution in [0.2, 0.25) is 0 Å². The highest BCUT2D eigenvalue weighted by Gasteiger charge is 2.16. The Morgan fingerprint density at radius 2 is 1.87 bits per heavy atom. The first-order valence-electron chi connectivity index (χ1n) is 6.76. The molecule has 124 valence electrons. The number of nitrogens with one attached hydrogen (secondary N) is 1. The molecular formula is C15H17BrN2O4S. The van der Waals surface area contributed by atoms with Crippen LogP contribution in [0.5, 0.6) is 11.5 Å². The van der Waals surface area contributed by atoms with Gasteiger partial charge in [-0.25, -0.2) is 8.42 Å². The van der Waals surface area contributed by atoms with Gasteiger partial charge in [-0.15, -0.1) is 0 Å². The topological polar surface area (TPSA) is 90.6 Å². The molecular weight excluding hydrogens is 384 g/mol. The lowest BCUT2D eigenvalue weighted by atomic mass is 10.3. The maximum atomic E-state index is 12.4. The number of nitrogens with two attached hydrogens (primary N) is 1. The van der Waals surface area contributed by atoms with E-state index < -0.39 is 10.0 Å². The van der Waals surface area contributed by atoms with Gasteiger partial charge in [0, 0.05) is 0 Å². The molecule has 8 heteroatoms. The first-order valence-corrected chi connectivity index (χ1v) is 9.03. The van der Waals surface area contributed by atoms with Crippen LogP contribution in [0.1, 0.15) is 6.92 Å². The van der Waals surface area contributed by atoms with Gasteiger partial charge < -0.3 is 15.2 Å². The van der Waals surface area contributed by atoms with Crippen LogP contribution in [-0.4, -0.2) is 22.1 Å². The maximum absolute atomic E-state index is 12.4. The number of sulfonamides is 1. The van der Waals surface area contributed by atoms with Crippen molar-refractivity contribution in [1.82, 2.24) is 0 Å². The molecule has 6 nitrogen and oxygen atoms in total. The summed E-state index contributed by atoms with van der Waals surface area (Å²) in [5.74, 6) is 1.07. The van der Waals surface area contributed by atoms with E-state index in [1.54, 1.807) is 18.2 Å². The minimum absolute atomic E-state index is 0.0563. The zero-order valence-corrected chi connectivity index (χ0v) is 15.1. The standard InChI is InChI=1S/C15H17BrN2O4S/c1-3-22-14-6-4-10(8-12(14)16)18-23(19,20)11-5-7-15(21-2)13(17)9-11/h4-9,18H,3,17H2,1-2H3. The van der Waals surface area contributed by atoms with E-state index >= 15 is 0 Å². The number of hydrogen-bond donors (Lipinski definition) is 2. The number of methoxy groups -OCH3 is 1. The molecule has 0 aliphatic carbocycles. The number of hydrogen-bond acceptors (Lipinski definition) is 5. The van der Waals surface area contributed by atoms with Crippen LogP contribution >= 0.6 is 15.9 Å². The zero-order valence-electron chi connectivity index (χ0n) is 12.7. The van der Waals surface area contributed by atoms with E-state index in [-0.39, 0.29) is 10.6 Å². The molecule has 0 amide bonds. The van der Waals surface area contributed by atoms with Crippen LogP contribution in [0.15, 0.2) is 45.8 Å².